The van der Waals surface area contributed by atoms with Gasteiger partial charge in [-0.2, -0.15) is 0 Å². The van der Waals surface area contributed by atoms with Crippen LogP contribution in [-0.4, -0.2) is 38.6 Å². The highest BCUT2D eigenvalue weighted by atomic mass is 19.1. The van der Waals surface area contributed by atoms with Crippen LogP contribution in [0.4, 0.5) is 4.39 Å². The number of hydrogen-bond acceptors (Lipinski definition) is 6. The maximum Gasteiger partial charge on any atom is 0.185 e. The lowest BCUT2D eigenvalue weighted by Crippen LogP contribution is -2.58. The fourth-order valence-electron chi connectivity index (χ4n) is 3.97. The van der Waals surface area contributed by atoms with Crippen LogP contribution in [0.3, 0.4) is 0 Å². The maximum atomic E-state index is 14.4. The minimum absolute atomic E-state index is 0.0376. The van der Waals surface area contributed by atoms with E-state index in [2.05, 4.69) is 9.97 Å². The number of nitrogens with two attached hydrogens (primary N) is 1. The Labute approximate surface area is 186 Å². The van der Waals surface area contributed by atoms with Gasteiger partial charge < -0.3 is 15.6 Å². The zero-order chi connectivity index (χ0) is 22.9. The summed E-state index contributed by atoms with van der Waals surface area (Å²) in [6, 6.07) is 12.9. The Bertz CT molecular complexity index is 1110. The maximum absolute atomic E-state index is 14.4. The van der Waals surface area contributed by atoms with Crippen molar-refractivity contribution >= 4 is 5.78 Å². The van der Waals surface area contributed by atoms with Crippen LogP contribution in [0, 0.1) is 5.82 Å². The molecule has 7 heteroatoms. The van der Waals surface area contributed by atoms with Crippen molar-refractivity contribution in [2.45, 2.75) is 50.5 Å². The van der Waals surface area contributed by atoms with Crippen molar-refractivity contribution in [2.75, 3.05) is 0 Å². The summed E-state index contributed by atoms with van der Waals surface area (Å²) >= 11 is 0. The SMILES string of the molecule is C[C@H]1O[C@@H](c2ccncc2CC(=O)c2ccc(F)c(-c3ccccc3)n2)C[C@@H](N)[C@]1(C)O. The first-order chi connectivity index (χ1) is 15.3. The van der Waals surface area contributed by atoms with E-state index in [4.69, 9.17) is 10.5 Å². The molecule has 32 heavy (non-hydrogen) atoms. The van der Waals surface area contributed by atoms with Crippen molar-refractivity contribution in [1.82, 2.24) is 9.97 Å². The van der Waals surface area contributed by atoms with Gasteiger partial charge in [-0.05, 0) is 49.6 Å². The molecule has 1 fully saturated rings. The minimum atomic E-state index is -1.13. The predicted octanol–water partition coefficient (Wildman–Crippen LogP) is 3.64. The summed E-state index contributed by atoms with van der Waals surface area (Å²) < 4.78 is 20.4. The van der Waals surface area contributed by atoms with E-state index in [0.717, 1.165) is 5.56 Å². The molecule has 0 spiro atoms. The van der Waals surface area contributed by atoms with E-state index in [0.29, 0.717) is 17.5 Å². The number of carbonyl (C=O) groups is 1. The van der Waals surface area contributed by atoms with Gasteiger partial charge in [0.2, 0.25) is 0 Å². The number of pyridine rings is 2. The Balaban J connectivity index is 1.59. The third kappa shape index (κ3) is 4.32. The molecule has 3 aromatic rings. The molecule has 1 saturated heterocycles. The molecule has 2 aromatic heterocycles. The van der Waals surface area contributed by atoms with Crippen molar-refractivity contribution in [1.29, 1.82) is 0 Å². The summed E-state index contributed by atoms with van der Waals surface area (Å²) in [4.78, 5) is 21.5. The van der Waals surface area contributed by atoms with E-state index < -0.39 is 23.6 Å². The molecule has 1 aliphatic rings. The van der Waals surface area contributed by atoms with Crippen LogP contribution in [0.1, 0.15) is 48.0 Å². The summed E-state index contributed by atoms with van der Waals surface area (Å²) in [7, 11) is 0. The van der Waals surface area contributed by atoms with Crippen molar-refractivity contribution in [3.63, 3.8) is 0 Å². The van der Waals surface area contributed by atoms with Crippen LogP contribution in [0.25, 0.3) is 11.3 Å². The van der Waals surface area contributed by atoms with Crippen LogP contribution in [-0.2, 0) is 11.2 Å². The zero-order valence-corrected chi connectivity index (χ0v) is 18.0. The summed E-state index contributed by atoms with van der Waals surface area (Å²) in [5, 5.41) is 10.5. The van der Waals surface area contributed by atoms with Crippen LogP contribution in [0.5, 0.6) is 0 Å². The van der Waals surface area contributed by atoms with Gasteiger partial charge >= 0.3 is 0 Å². The van der Waals surface area contributed by atoms with E-state index in [9.17, 15) is 14.3 Å². The second kappa shape index (κ2) is 8.86. The van der Waals surface area contributed by atoms with E-state index in [1.807, 2.05) is 6.07 Å². The van der Waals surface area contributed by atoms with Crippen molar-refractivity contribution < 1.29 is 19.0 Å². The number of carbonyl (C=O) groups excluding carboxylic acids is 1. The molecule has 166 valence electrons. The average molecular weight is 435 g/mol. The monoisotopic (exact) mass is 435 g/mol. The van der Waals surface area contributed by atoms with Gasteiger partial charge in [0.05, 0.1) is 12.2 Å². The van der Waals surface area contributed by atoms with Crippen LogP contribution >= 0.6 is 0 Å². The molecule has 0 bridgehead atoms. The topological polar surface area (TPSA) is 98.3 Å². The summed E-state index contributed by atoms with van der Waals surface area (Å²) in [6.07, 6.45) is 2.87. The molecule has 0 amide bonds. The van der Waals surface area contributed by atoms with Gasteiger partial charge in [-0.1, -0.05) is 30.3 Å². The molecule has 0 aliphatic carbocycles. The molecule has 4 atom stereocenters. The Morgan fingerprint density at radius 3 is 2.72 bits per heavy atom. The molecule has 0 unspecified atom stereocenters. The van der Waals surface area contributed by atoms with Gasteiger partial charge in [-0.25, -0.2) is 9.37 Å². The number of aromatic nitrogens is 2. The molecule has 0 radical (unpaired) electrons. The van der Waals surface area contributed by atoms with Gasteiger partial charge in [0.1, 0.15) is 22.8 Å². The van der Waals surface area contributed by atoms with Gasteiger partial charge in [0.15, 0.2) is 5.78 Å². The summed E-state index contributed by atoms with van der Waals surface area (Å²) in [5.74, 6) is -0.739. The van der Waals surface area contributed by atoms with Gasteiger partial charge in [-0.15, -0.1) is 0 Å². The molecule has 1 aliphatic heterocycles. The van der Waals surface area contributed by atoms with Crippen LogP contribution in [0.2, 0.25) is 0 Å². The van der Waals surface area contributed by atoms with E-state index >= 15 is 0 Å². The molecule has 3 heterocycles. The zero-order valence-electron chi connectivity index (χ0n) is 18.0. The van der Waals surface area contributed by atoms with E-state index in [-0.39, 0.29) is 29.7 Å². The number of halogens is 1. The fraction of sp³-hybridized carbons (Fsp3) is 0.320. The lowest BCUT2D eigenvalue weighted by atomic mass is 9.82. The summed E-state index contributed by atoms with van der Waals surface area (Å²) in [5.41, 5.74) is 7.48. The first kappa shape index (κ1) is 22.2. The summed E-state index contributed by atoms with van der Waals surface area (Å²) in [6.45, 7) is 3.45. The molecule has 3 N–H and O–H groups in total. The van der Waals surface area contributed by atoms with E-state index in [1.165, 1.54) is 12.1 Å². The smallest absolute Gasteiger partial charge is 0.185 e. The highest BCUT2D eigenvalue weighted by Gasteiger charge is 2.43. The van der Waals surface area contributed by atoms with E-state index in [1.54, 1.807) is 56.6 Å². The molecular weight excluding hydrogens is 409 g/mol. The lowest BCUT2D eigenvalue weighted by molar-refractivity contribution is -0.171. The normalized spacial score (nSPS) is 25.5. The Hall–Kier alpha value is -3.00. The van der Waals surface area contributed by atoms with Gasteiger partial charge in [0, 0.05) is 30.4 Å². The second-order valence-corrected chi connectivity index (χ2v) is 8.40. The van der Waals surface area contributed by atoms with Crippen LogP contribution in [0.15, 0.2) is 60.9 Å². The lowest BCUT2D eigenvalue weighted by Gasteiger charge is -2.44. The third-order valence-electron chi connectivity index (χ3n) is 6.23. The average Bonchev–Trinajstić information content (AvgIpc) is 2.78. The van der Waals surface area contributed by atoms with Crippen molar-refractivity contribution in [3.05, 3.63) is 83.6 Å². The number of benzene rings is 1. The van der Waals surface area contributed by atoms with Crippen molar-refractivity contribution in [3.8, 4) is 11.3 Å². The Kier molecular flexibility index (Phi) is 6.15. The number of Topliss-reactive ketones (excluding diaryl/α,β-unsaturated/α-hetero) is 1. The van der Waals surface area contributed by atoms with Gasteiger partial charge in [0.25, 0.3) is 0 Å². The first-order valence-electron chi connectivity index (χ1n) is 10.6. The highest BCUT2D eigenvalue weighted by Crippen LogP contribution is 2.37. The number of rotatable bonds is 5. The Morgan fingerprint density at radius 2 is 2.00 bits per heavy atom. The number of nitrogens with zero attached hydrogens (tertiary/aromatic N) is 2. The van der Waals surface area contributed by atoms with Gasteiger partial charge in [-0.3, -0.25) is 9.78 Å². The fourth-order valence-corrected chi connectivity index (χ4v) is 3.97. The Morgan fingerprint density at radius 1 is 1.25 bits per heavy atom. The number of hydrogen-bond donors (Lipinski definition) is 2. The predicted molar refractivity (Wildman–Crippen MR) is 118 cm³/mol. The molecular formula is C25H26FN3O3. The number of ether oxygens (including phenoxy) is 1. The quantitative estimate of drug-likeness (QED) is 0.594. The number of ketones is 1. The first-order valence-corrected chi connectivity index (χ1v) is 10.6. The molecule has 0 saturated carbocycles. The second-order valence-electron chi connectivity index (χ2n) is 8.40. The van der Waals surface area contributed by atoms with Crippen LogP contribution < -0.4 is 5.73 Å². The largest absolute Gasteiger partial charge is 0.386 e. The highest BCUT2D eigenvalue weighted by molar-refractivity contribution is 5.96. The van der Waals surface area contributed by atoms with Crippen molar-refractivity contribution in [2.24, 2.45) is 5.73 Å². The third-order valence-corrected chi connectivity index (χ3v) is 6.23. The minimum Gasteiger partial charge on any atom is -0.386 e. The molecule has 6 nitrogen and oxygen atoms in total. The standard InChI is InChI=1S/C25H26FN3O3/c1-15-25(2,31)23(27)13-22(32-15)18-10-11-28-14-17(18)12-21(30)20-9-8-19(26)24(29-20)16-6-4-3-5-7-16/h3-11,14-15,22-23,31H,12-13,27H2,1-2H3/t15-,22-,23-,25-/m1/s1. The molecule has 1 aromatic carbocycles. The molecule has 4 rings (SSSR count). The number of aliphatic hydroxyl groups is 1.